The van der Waals surface area contributed by atoms with E-state index in [-0.39, 0.29) is 19.6 Å². The van der Waals surface area contributed by atoms with Gasteiger partial charge in [-0.1, -0.05) is 210 Å². The molecule has 0 aromatic rings. The Morgan fingerprint density at radius 1 is 0.574 bits per heavy atom. The number of hydrogen-bond donors (Lipinski definition) is 5. The van der Waals surface area contributed by atoms with Crippen molar-refractivity contribution < 1.29 is 33.5 Å². The van der Waals surface area contributed by atoms with E-state index in [0.29, 0.717) is 12.8 Å². The molecule has 0 bridgehead atoms. The van der Waals surface area contributed by atoms with Gasteiger partial charge in [0.25, 0.3) is 0 Å². The van der Waals surface area contributed by atoms with Crippen LogP contribution in [0.4, 0.5) is 0 Å². The summed E-state index contributed by atoms with van der Waals surface area (Å²) in [6.07, 6.45) is 54.9. The van der Waals surface area contributed by atoms with Gasteiger partial charge in [0.05, 0.1) is 37.9 Å². The van der Waals surface area contributed by atoms with Crippen LogP contribution in [0, 0.1) is 0 Å². The van der Waals surface area contributed by atoms with Crippen LogP contribution in [0.5, 0.6) is 0 Å². The third-order valence-electron chi connectivity index (χ3n) is 11.2. The van der Waals surface area contributed by atoms with Gasteiger partial charge in [-0.3, -0.25) is 13.8 Å². The van der Waals surface area contributed by atoms with Crippen molar-refractivity contribution >= 4 is 13.7 Å². The van der Waals surface area contributed by atoms with Crippen LogP contribution < -0.4 is 11.1 Å². The molecule has 61 heavy (non-hydrogen) atoms. The molecule has 0 fully saturated rings. The number of rotatable bonds is 47. The summed E-state index contributed by atoms with van der Waals surface area (Å²) in [5.41, 5.74) is 5.38. The molecule has 0 heterocycles. The number of carbonyl (C=O) groups is 1. The molecular formula is C51H97N2O7P. The van der Waals surface area contributed by atoms with Crippen LogP contribution in [0.15, 0.2) is 48.6 Å². The molecule has 0 radical (unpaired) electrons. The molecular weight excluding hydrogens is 784 g/mol. The van der Waals surface area contributed by atoms with E-state index in [0.717, 1.165) is 57.8 Å². The molecule has 1 amide bonds. The Labute approximate surface area is 375 Å². The summed E-state index contributed by atoms with van der Waals surface area (Å²) in [5.74, 6) is -0.463. The maximum Gasteiger partial charge on any atom is 0.472 e. The second-order valence-corrected chi connectivity index (χ2v) is 18.7. The SMILES string of the molecule is CCCCCCCCCCC/C=C\C/C=C\CCCCCCCC(O)CC(=O)NC(COP(=O)(O)OCCN)C(O)/C=C/CC/C=C/CCCCCCCCCCCCCC. The van der Waals surface area contributed by atoms with E-state index in [9.17, 15) is 24.5 Å². The van der Waals surface area contributed by atoms with Gasteiger partial charge < -0.3 is 26.2 Å². The molecule has 4 unspecified atom stereocenters. The fraction of sp³-hybridized carbons (Fsp3) is 0.824. The third-order valence-corrected chi connectivity index (χ3v) is 12.2. The molecule has 4 atom stereocenters. The van der Waals surface area contributed by atoms with E-state index in [2.05, 4.69) is 55.6 Å². The summed E-state index contributed by atoms with van der Waals surface area (Å²) in [7, 11) is -4.42. The molecule has 0 aliphatic rings. The molecule has 0 aromatic heterocycles. The first-order valence-electron chi connectivity index (χ1n) is 25.3. The Hall–Kier alpha value is -1.58. The number of nitrogens with one attached hydrogen (secondary N) is 1. The number of aliphatic hydroxyl groups is 2. The zero-order valence-electron chi connectivity index (χ0n) is 39.5. The monoisotopic (exact) mass is 881 g/mol. The molecule has 0 saturated heterocycles. The van der Waals surface area contributed by atoms with Crippen LogP contribution in [0.3, 0.4) is 0 Å². The Morgan fingerprint density at radius 2 is 0.984 bits per heavy atom. The Morgan fingerprint density at radius 3 is 1.46 bits per heavy atom. The fourth-order valence-electron chi connectivity index (χ4n) is 7.34. The molecule has 0 aliphatic heterocycles. The van der Waals surface area contributed by atoms with Gasteiger partial charge in [-0.15, -0.1) is 0 Å². The van der Waals surface area contributed by atoms with E-state index in [1.807, 2.05) is 6.08 Å². The zero-order chi connectivity index (χ0) is 44.8. The highest BCUT2D eigenvalue weighted by atomic mass is 31.2. The Balaban J connectivity index is 4.28. The summed E-state index contributed by atoms with van der Waals surface area (Å²) in [5, 5.41) is 24.1. The summed E-state index contributed by atoms with van der Waals surface area (Å²) in [4.78, 5) is 22.8. The van der Waals surface area contributed by atoms with Crippen molar-refractivity contribution in [1.29, 1.82) is 0 Å². The van der Waals surface area contributed by atoms with Gasteiger partial charge in [0.1, 0.15) is 0 Å². The highest BCUT2D eigenvalue weighted by Gasteiger charge is 2.27. The normalized spacial score (nSPS) is 14.8. The first-order valence-corrected chi connectivity index (χ1v) is 26.8. The summed E-state index contributed by atoms with van der Waals surface area (Å²) < 4.78 is 22.1. The smallest absolute Gasteiger partial charge is 0.393 e. The largest absolute Gasteiger partial charge is 0.472 e. The van der Waals surface area contributed by atoms with E-state index < -0.39 is 38.6 Å². The minimum atomic E-state index is -4.42. The van der Waals surface area contributed by atoms with Gasteiger partial charge in [0, 0.05) is 6.54 Å². The predicted molar refractivity (Wildman–Crippen MR) is 260 cm³/mol. The van der Waals surface area contributed by atoms with Crippen molar-refractivity contribution in [3.63, 3.8) is 0 Å². The zero-order valence-corrected chi connectivity index (χ0v) is 40.4. The molecule has 0 aromatic carbocycles. The fourth-order valence-corrected chi connectivity index (χ4v) is 8.10. The molecule has 0 saturated carbocycles. The van der Waals surface area contributed by atoms with E-state index in [4.69, 9.17) is 14.8 Å². The summed E-state index contributed by atoms with van der Waals surface area (Å²) in [6.45, 7) is 3.96. The Bertz CT molecular complexity index is 1110. The number of phosphoric ester groups is 1. The van der Waals surface area contributed by atoms with Gasteiger partial charge >= 0.3 is 7.82 Å². The van der Waals surface area contributed by atoms with Gasteiger partial charge in [-0.25, -0.2) is 4.57 Å². The van der Waals surface area contributed by atoms with Crippen LogP contribution in [0.25, 0.3) is 0 Å². The lowest BCUT2D eigenvalue weighted by Crippen LogP contribution is -2.46. The molecule has 9 nitrogen and oxygen atoms in total. The van der Waals surface area contributed by atoms with E-state index in [1.54, 1.807) is 6.08 Å². The molecule has 6 N–H and O–H groups in total. The second-order valence-electron chi connectivity index (χ2n) is 17.2. The number of aliphatic hydroxyl groups excluding tert-OH is 2. The predicted octanol–water partition coefficient (Wildman–Crippen LogP) is 13.8. The number of phosphoric acid groups is 1. The molecule has 0 spiro atoms. The number of unbranched alkanes of at least 4 members (excludes halogenated alkanes) is 27. The van der Waals surface area contributed by atoms with Crippen LogP contribution in [-0.4, -0.2) is 59.0 Å². The number of carbonyl (C=O) groups excluding carboxylic acids is 1. The highest BCUT2D eigenvalue weighted by molar-refractivity contribution is 7.47. The quantitative estimate of drug-likeness (QED) is 0.0230. The van der Waals surface area contributed by atoms with Crippen molar-refractivity contribution in [3.8, 4) is 0 Å². The van der Waals surface area contributed by atoms with Gasteiger partial charge in [-0.05, 0) is 64.2 Å². The molecule has 358 valence electrons. The minimum Gasteiger partial charge on any atom is -0.393 e. The molecule has 0 aliphatic carbocycles. The first-order chi connectivity index (χ1) is 29.8. The number of allylic oxidation sites excluding steroid dienone is 7. The number of hydrogen-bond acceptors (Lipinski definition) is 7. The lowest BCUT2D eigenvalue weighted by Gasteiger charge is -2.24. The van der Waals surface area contributed by atoms with Crippen LogP contribution in [0.1, 0.15) is 232 Å². The summed E-state index contributed by atoms with van der Waals surface area (Å²) in [6, 6.07) is -1.01. The van der Waals surface area contributed by atoms with Crippen molar-refractivity contribution in [1.82, 2.24) is 5.32 Å². The van der Waals surface area contributed by atoms with Crippen molar-refractivity contribution in [3.05, 3.63) is 48.6 Å². The number of amides is 1. The van der Waals surface area contributed by atoms with Crippen LogP contribution in [0.2, 0.25) is 0 Å². The second kappa shape index (κ2) is 46.4. The third kappa shape index (κ3) is 44.8. The van der Waals surface area contributed by atoms with Gasteiger partial charge in [0.15, 0.2) is 0 Å². The first kappa shape index (κ1) is 59.4. The van der Waals surface area contributed by atoms with Gasteiger partial charge in [-0.2, -0.15) is 0 Å². The molecule has 10 heteroatoms. The van der Waals surface area contributed by atoms with Crippen LogP contribution in [-0.2, 0) is 18.4 Å². The average molecular weight is 881 g/mol. The lowest BCUT2D eigenvalue weighted by atomic mass is 10.0. The van der Waals surface area contributed by atoms with Crippen molar-refractivity contribution in [2.75, 3.05) is 19.8 Å². The van der Waals surface area contributed by atoms with E-state index >= 15 is 0 Å². The minimum absolute atomic E-state index is 0.0417. The van der Waals surface area contributed by atoms with E-state index in [1.165, 1.54) is 141 Å². The van der Waals surface area contributed by atoms with Crippen LogP contribution >= 0.6 is 7.82 Å². The Kier molecular flexibility index (Phi) is 45.2. The molecule has 0 rings (SSSR count). The lowest BCUT2D eigenvalue weighted by molar-refractivity contribution is -0.124. The highest BCUT2D eigenvalue weighted by Crippen LogP contribution is 2.43. The van der Waals surface area contributed by atoms with Gasteiger partial charge in [0.2, 0.25) is 5.91 Å². The van der Waals surface area contributed by atoms with Crippen molar-refractivity contribution in [2.45, 2.75) is 250 Å². The van der Waals surface area contributed by atoms with Crippen molar-refractivity contribution in [2.24, 2.45) is 5.73 Å². The standard InChI is InChI=1S/C51H97N2O7P/c1-3-5-7-9-11-13-15-17-19-21-23-24-25-26-28-30-32-34-36-38-40-42-48(54)46-51(56)53-49(47-60-61(57,58)59-45-44-52)50(55)43-41-39-37-35-33-31-29-27-22-20-18-16-14-12-10-8-6-4-2/h23-24,26,28,33,35,41,43,48-50,54-55H,3-22,25,27,29-32,34,36-40,42,44-47,52H2,1-2H3,(H,53,56)(H,57,58)/b24-23-,28-26-,35-33+,43-41+. The summed E-state index contributed by atoms with van der Waals surface area (Å²) >= 11 is 0. The topological polar surface area (TPSA) is 151 Å². The maximum absolute atomic E-state index is 12.9. The number of nitrogens with two attached hydrogens (primary N) is 1. The maximum atomic E-state index is 12.9. The average Bonchev–Trinajstić information content (AvgIpc) is 3.24.